The summed E-state index contributed by atoms with van der Waals surface area (Å²) in [6, 6.07) is 13.7. The van der Waals surface area contributed by atoms with E-state index >= 15 is 0 Å². The van der Waals surface area contributed by atoms with Gasteiger partial charge < -0.3 is 5.32 Å². The summed E-state index contributed by atoms with van der Waals surface area (Å²) < 4.78 is 0. The molecule has 1 fully saturated rings. The summed E-state index contributed by atoms with van der Waals surface area (Å²) in [5.74, 6) is 2.43. The Balaban J connectivity index is 1.58. The molecule has 132 valence electrons. The van der Waals surface area contributed by atoms with Gasteiger partial charge in [0, 0.05) is 41.8 Å². The smallest absolute Gasteiger partial charge is 0.228 e. The highest BCUT2D eigenvalue weighted by Gasteiger charge is 2.12. The SMILES string of the molecule is Cc1cc(CN2CCSCC2)ccc1NC(=O)Cc1ccc(Cl)cc1. The van der Waals surface area contributed by atoms with Crippen LogP contribution in [-0.4, -0.2) is 35.4 Å². The van der Waals surface area contributed by atoms with Crippen molar-refractivity contribution in [3.8, 4) is 0 Å². The van der Waals surface area contributed by atoms with Crippen molar-refractivity contribution in [1.82, 2.24) is 4.90 Å². The zero-order valence-corrected chi connectivity index (χ0v) is 16.0. The molecule has 0 atom stereocenters. The third kappa shape index (κ3) is 5.50. The number of halogens is 1. The van der Waals surface area contributed by atoms with E-state index in [1.165, 1.54) is 17.1 Å². The van der Waals surface area contributed by atoms with Crippen LogP contribution in [0.15, 0.2) is 42.5 Å². The second kappa shape index (κ2) is 8.75. The van der Waals surface area contributed by atoms with Gasteiger partial charge >= 0.3 is 0 Å². The average Bonchev–Trinajstić information content (AvgIpc) is 2.60. The Labute approximate surface area is 158 Å². The van der Waals surface area contributed by atoms with E-state index in [1.807, 2.05) is 49.0 Å². The van der Waals surface area contributed by atoms with E-state index in [0.29, 0.717) is 11.4 Å². The van der Waals surface area contributed by atoms with Gasteiger partial charge in [-0.1, -0.05) is 35.9 Å². The highest BCUT2D eigenvalue weighted by atomic mass is 35.5. The predicted molar refractivity (Wildman–Crippen MR) is 108 cm³/mol. The van der Waals surface area contributed by atoms with E-state index in [1.54, 1.807) is 0 Å². The van der Waals surface area contributed by atoms with Gasteiger partial charge in [-0.2, -0.15) is 11.8 Å². The summed E-state index contributed by atoms with van der Waals surface area (Å²) >= 11 is 7.90. The molecule has 1 amide bonds. The van der Waals surface area contributed by atoms with Crippen molar-refractivity contribution in [2.75, 3.05) is 29.9 Å². The summed E-state index contributed by atoms with van der Waals surface area (Å²) in [5, 5.41) is 3.70. The molecule has 0 aromatic heterocycles. The number of hydrogen-bond acceptors (Lipinski definition) is 3. The number of carbonyl (C=O) groups excluding carboxylic acids is 1. The molecule has 0 aliphatic carbocycles. The van der Waals surface area contributed by atoms with E-state index < -0.39 is 0 Å². The molecule has 1 heterocycles. The topological polar surface area (TPSA) is 32.3 Å². The maximum atomic E-state index is 12.3. The molecule has 1 saturated heterocycles. The van der Waals surface area contributed by atoms with Crippen LogP contribution < -0.4 is 5.32 Å². The van der Waals surface area contributed by atoms with Gasteiger partial charge in [-0.05, 0) is 41.8 Å². The van der Waals surface area contributed by atoms with Crippen LogP contribution in [0.5, 0.6) is 0 Å². The van der Waals surface area contributed by atoms with Crippen LogP contribution in [0.25, 0.3) is 0 Å². The summed E-state index contributed by atoms with van der Waals surface area (Å²) in [6.07, 6.45) is 0.351. The van der Waals surface area contributed by atoms with Crippen molar-refractivity contribution < 1.29 is 4.79 Å². The molecule has 0 saturated carbocycles. The maximum absolute atomic E-state index is 12.3. The van der Waals surface area contributed by atoms with Crippen LogP contribution in [0, 0.1) is 6.92 Å². The minimum Gasteiger partial charge on any atom is -0.326 e. The van der Waals surface area contributed by atoms with Crippen molar-refractivity contribution >= 4 is 35.0 Å². The van der Waals surface area contributed by atoms with Gasteiger partial charge in [0.1, 0.15) is 0 Å². The monoisotopic (exact) mass is 374 g/mol. The van der Waals surface area contributed by atoms with Gasteiger partial charge in [0.05, 0.1) is 6.42 Å². The molecular formula is C20H23ClN2OS. The van der Waals surface area contributed by atoms with E-state index in [-0.39, 0.29) is 5.91 Å². The Hall–Kier alpha value is -1.49. The van der Waals surface area contributed by atoms with E-state index in [2.05, 4.69) is 22.3 Å². The third-order valence-electron chi connectivity index (χ3n) is 4.35. The molecule has 0 spiro atoms. The first-order chi connectivity index (χ1) is 12.1. The summed E-state index contributed by atoms with van der Waals surface area (Å²) in [7, 11) is 0. The van der Waals surface area contributed by atoms with Crippen LogP contribution >= 0.6 is 23.4 Å². The first-order valence-electron chi connectivity index (χ1n) is 8.54. The van der Waals surface area contributed by atoms with Gasteiger partial charge in [-0.15, -0.1) is 0 Å². The van der Waals surface area contributed by atoms with E-state index in [4.69, 9.17) is 11.6 Å². The highest BCUT2D eigenvalue weighted by Crippen LogP contribution is 2.20. The molecule has 2 aromatic carbocycles. The van der Waals surface area contributed by atoms with Crippen molar-refractivity contribution in [2.24, 2.45) is 0 Å². The Morgan fingerprint density at radius 1 is 1.12 bits per heavy atom. The summed E-state index contributed by atoms with van der Waals surface area (Å²) in [6.45, 7) is 5.35. The fourth-order valence-corrected chi connectivity index (χ4v) is 4.07. The fourth-order valence-electron chi connectivity index (χ4n) is 2.96. The number of benzene rings is 2. The Kier molecular flexibility index (Phi) is 6.40. The lowest BCUT2D eigenvalue weighted by molar-refractivity contribution is -0.115. The Morgan fingerprint density at radius 2 is 1.80 bits per heavy atom. The number of thioether (sulfide) groups is 1. The van der Waals surface area contributed by atoms with Crippen LogP contribution in [0.4, 0.5) is 5.69 Å². The third-order valence-corrected chi connectivity index (χ3v) is 5.55. The lowest BCUT2D eigenvalue weighted by Crippen LogP contribution is -2.31. The second-order valence-corrected chi connectivity index (χ2v) is 8.05. The molecule has 1 aliphatic heterocycles. The molecule has 2 aromatic rings. The first-order valence-corrected chi connectivity index (χ1v) is 10.1. The van der Waals surface area contributed by atoms with E-state index in [0.717, 1.165) is 36.4 Å². The van der Waals surface area contributed by atoms with Crippen LogP contribution in [0.1, 0.15) is 16.7 Å². The standard InChI is InChI=1S/C20H23ClN2OS/c1-15-12-17(14-23-8-10-25-11-9-23)4-7-19(15)22-20(24)13-16-2-5-18(21)6-3-16/h2-7,12H,8-11,13-14H2,1H3,(H,22,24). The number of amides is 1. The summed E-state index contributed by atoms with van der Waals surface area (Å²) in [4.78, 5) is 14.8. The van der Waals surface area contributed by atoms with Crippen LogP contribution in [0.3, 0.4) is 0 Å². The molecule has 0 unspecified atom stereocenters. The van der Waals surface area contributed by atoms with Gasteiger partial charge in [-0.3, -0.25) is 9.69 Å². The lowest BCUT2D eigenvalue weighted by atomic mass is 10.1. The number of rotatable bonds is 5. The molecule has 5 heteroatoms. The molecule has 1 aliphatic rings. The highest BCUT2D eigenvalue weighted by molar-refractivity contribution is 7.99. The second-order valence-electron chi connectivity index (χ2n) is 6.39. The Bertz CT molecular complexity index is 727. The number of aryl methyl sites for hydroxylation is 1. The molecule has 0 bridgehead atoms. The average molecular weight is 375 g/mol. The molecule has 3 nitrogen and oxygen atoms in total. The van der Waals surface area contributed by atoms with Crippen molar-refractivity contribution in [2.45, 2.75) is 19.9 Å². The van der Waals surface area contributed by atoms with Crippen LogP contribution in [-0.2, 0) is 17.8 Å². The van der Waals surface area contributed by atoms with Gasteiger partial charge in [-0.25, -0.2) is 0 Å². The van der Waals surface area contributed by atoms with Gasteiger partial charge in [0.15, 0.2) is 0 Å². The number of nitrogens with one attached hydrogen (secondary N) is 1. The normalized spacial score (nSPS) is 15.1. The molecule has 3 rings (SSSR count). The largest absolute Gasteiger partial charge is 0.326 e. The van der Waals surface area contributed by atoms with Crippen LogP contribution in [0.2, 0.25) is 5.02 Å². The van der Waals surface area contributed by atoms with Gasteiger partial charge in [0.25, 0.3) is 0 Å². The summed E-state index contributed by atoms with van der Waals surface area (Å²) in [5.41, 5.74) is 4.25. The molecule has 1 N–H and O–H groups in total. The maximum Gasteiger partial charge on any atom is 0.228 e. The first kappa shape index (κ1) is 18.3. The quantitative estimate of drug-likeness (QED) is 0.842. The zero-order valence-electron chi connectivity index (χ0n) is 14.4. The predicted octanol–water partition coefficient (Wildman–Crippen LogP) is 4.38. The van der Waals surface area contributed by atoms with Crippen molar-refractivity contribution in [1.29, 1.82) is 0 Å². The van der Waals surface area contributed by atoms with Crippen molar-refractivity contribution in [3.63, 3.8) is 0 Å². The Morgan fingerprint density at radius 3 is 2.48 bits per heavy atom. The van der Waals surface area contributed by atoms with Gasteiger partial charge in [0.2, 0.25) is 5.91 Å². The minimum atomic E-state index is -0.00812. The molecule has 0 radical (unpaired) electrons. The zero-order chi connectivity index (χ0) is 17.6. The number of carbonyl (C=O) groups is 1. The minimum absolute atomic E-state index is 0.00812. The lowest BCUT2D eigenvalue weighted by Gasteiger charge is -2.26. The fraction of sp³-hybridized carbons (Fsp3) is 0.350. The molecule has 25 heavy (non-hydrogen) atoms. The number of anilines is 1. The molecular weight excluding hydrogens is 352 g/mol. The number of nitrogens with zero attached hydrogens (tertiary/aromatic N) is 1. The van der Waals surface area contributed by atoms with E-state index in [9.17, 15) is 4.79 Å². The van der Waals surface area contributed by atoms with Crippen molar-refractivity contribution in [3.05, 3.63) is 64.2 Å². The number of hydrogen-bond donors (Lipinski definition) is 1.